The predicted octanol–water partition coefficient (Wildman–Crippen LogP) is 13.4. The van der Waals surface area contributed by atoms with Gasteiger partial charge in [0.15, 0.2) is 0 Å². The van der Waals surface area contributed by atoms with Crippen molar-refractivity contribution in [3.05, 3.63) is 206 Å². The van der Waals surface area contributed by atoms with E-state index in [0.29, 0.717) is 0 Å². The van der Waals surface area contributed by atoms with Crippen LogP contribution in [-0.4, -0.2) is 19.5 Å². The molecular formula is C54H37IrN4-. The Balaban J connectivity index is 0.00000420. The number of rotatable bonds is 6. The first-order chi connectivity index (χ1) is 28.5. The van der Waals surface area contributed by atoms with Crippen molar-refractivity contribution in [1.82, 2.24) is 19.5 Å². The number of aromatic nitrogens is 4. The van der Waals surface area contributed by atoms with E-state index in [1.165, 1.54) is 44.1 Å². The molecule has 0 spiro atoms. The number of hydrogen-bond donors (Lipinski definition) is 0. The molecule has 0 atom stereocenters. The Morgan fingerprint density at radius 3 is 1.71 bits per heavy atom. The van der Waals surface area contributed by atoms with Gasteiger partial charge in [-0.1, -0.05) is 86.6 Å². The molecule has 11 rings (SSSR count). The van der Waals surface area contributed by atoms with Gasteiger partial charge in [0.05, 0.1) is 22.4 Å². The van der Waals surface area contributed by atoms with Gasteiger partial charge in [0.25, 0.3) is 0 Å². The molecule has 4 heterocycles. The Morgan fingerprint density at radius 1 is 0.441 bits per heavy atom. The second-order valence-electron chi connectivity index (χ2n) is 15.6. The SMILES string of the molecule is CC1(C)c2ccccc2-c2cc3c4cc(-c5cccc(-c6cc[c-]c(-c7ccccn7)c6)c5)ccc4n(-c4cc(-c5ccccn5)cc(-c5ccccn5)c4)c3cc21.[Ir]. The number of pyridine rings is 3. The molecule has 1 aliphatic carbocycles. The summed E-state index contributed by atoms with van der Waals surface area (Å²) < 4.78 is 2.45. The topological polar surface area (TPSA) is 43.6 Å². The molecule has 4 aromatic heterocycles. The molecule has 0 N–H and O–H groups in total. The monoisotopic (exact) mass is 934 g/mol. The average molecular weight is 934 g/mol. The Kier molecular flexibility index (Phi) is 9.02. The molecule has 283 valence electrons. The van der Waals surface area contributed by atoms with Gasteiger partial charge in [-0.25, -0.2) is 0 Å². The zero-order valence-electron chi connectivity index (χ0n) is 32.5. The van der Waals surface area contributed by atoms with Crippen molar-refractivity contribution >= 4 is 21.8 Å². The fourth-order valence-electron chi connectivity index (χ4n) is 8.97. The molecule has 59 heavy (non-hydrogen) atoms. The standard InChI is InChI=1S/C54H37N4.Ir/c1-54(2)47-18-4-3-17-43(47)44-33-46-45-32-38(36-14-11-13-35(27-36)37-15-12-16-39(28-37)49-19-5-8-24-55-49)22-23-52(45)58(53(46)34-48(44)54)42-30-40(50-20-6-9-25-56-50)29-41(31-42)51-21-7-10-26-57-51;/h3-15,17-34H,1-2H3;/q-1;. The molecule has 0 fully saturated rings. The maximum Gasteiger partial charge on any atom is 0.0702 e. The van der Waals surface area contributed by atoms with Gasteiger partial charge in [-0.3, -0.25) is 9.97 Å². The van der Waals surface area contributed by atoms with Gasteiger partial charge in [0, 0.05) is 71.7 Å². The summed E-state index contributed by atoms with van der Waals surface area (Å²) in [6.07, 6.45) is 5.55. The minimum absolute atomic E-state index is 0. The molecule has 4 nitrogen and oxygen atoms in total. The number of benzene rings is 6. The van der Waals surface area contributed by atoms with Crippen molar-refractivity contribution in [3.8, 4) is 72.8 Å². The maximum atomic E-state index is 4.78. The fourth-order valence-corrected chi connectivity index (χ4v) is 8.97. The second-order valence-corrected chi connectivity index (χ2v) is 15.6. The minimum atomic E-state index is -0.145. The van der Waals surface area contributed by atoms with Crippen molar-refractivity contribution in [3.63, 3.8) is 0 Å². The van der Waals surface area contributed by atoms with E-state index in [4.69, 9.17) is 9.97 Å². The number of fused-ring (bicyclic) bond motifs is 6. The smallest absolute Gasteiger partial charge is 0.0702 e. The van der Waals surface area contributed by atoms with Crippen LogP contribution in [0.25, 0.3) is 94.6 Å². The van der Waals surface area contributed by atoms with E-state index in [1.807, 2.05) is 67.1 Å². The van der Waals surface area contributed by atoms with Gasteiger partial charge in [0.2, 0.25) is 0 Å². The molecule has 6 aromatic carbocycles. The molecule has 1 radical (unpaired) electrons. The van der Waals surface area contributed by atoms with Gasteiger partial charge >= 0.3 is 0 Å². The van der Waals surface area contributed by atoms with E-state index in [1.54, 1.807) is 0 Å². The first kappa shape index (κ1) is 36.6. The van der Waals surface area contributed by atoms with Crippen LogP contribution < -0.4 is 0 Å². The number of nitrogens with zero attached hydrogens (tertiary/aromatic N) is 4. The summed E-state index contributed by atoms with van der Waals surface area (Å²) >= 11 is 0. The zero-order chi connectivity index (χ0) is 38.8. The molecule has 0 bridgehead atoms. The van der Waals surface area contributed by atoms with Crippen molar-refractivity contribution in [1.29, 1.82) is 0 Å². The molecule has 0 aliphatic heterocycles. The molecule has 0 amide bonds. The van der Waals surface area contributed by atoms with E-state index in [2.05, 4.69) is 151 Å². The third-order valence-electron chi connectivity index (χ3n) is 11.8. The largest absolute Gasteiger partial charge is 0.309 e. The van der Waals surface area contributed by atoms with Gasteiger partial charge < -0.3 is 9.55 Å². The maximum absolute atomic E-state index is 4.78. The van der Waals surface area contributed by atoms with Crippen LogP contribution in [0.2, 0.25) is 0 Å². The van der Waals surface area contributed by atoms with Crippen molar-refractivity contribution < 1.29 is 20.1 Å². The minimum Gasteiger partial charge on any atom is -0.309 e. The summed E-state index contributed by atoms with van der Waals surface area (Å²) in [6, 6.07) is 64.2. The quantitative estimate of drug-likeness (QED) is 0.156. The summed E-state index contributed by atoms with van der Waals surface area (Å²) in [7, 11) is 0. The van der Waals surface area contributed by atoms with Crippen LogP contribution in [0, 0.1) is 6.07 Å². The van der Waals surface area contributed by atoms with Crippen molar-refractivity contribution in [2.24, 2.45) is 0 Å². The Labute approximate surface area is 357 Å². The van der Waals surface area contributed by atoms with E-state index >= 15 is 0 Å². The molecule has 0 saturated heterocycles. The molecule has 0 unspecified atom stereocenters. The van der Waals surface area contributed by atoms with Gasteiger partial charge in [-0.2, -0.15) is 0 Å². The summed E-state index contributed by atoms with van der Waals surface area (Å²) in [5, 5.41) is 2.43. The Bertz CT molecular complexity index is 3130. The molecule has 1 aliphatic rings. The predicted molar refractivity (Wildman–Crippen MR) is 238 cm³/mol. The first-order valence-corrected chi connectivity index (χ1v) is 19.7. The third kappa shape index (κ3) is 6.22. The van der Waals surface area contributed by atoms with Gasteiger partial charge in [0.1, 0.15) is 0 Å². The van der Waals surface area contributed by atoms with E-state index in [-0.39, 0.29) is 25.5 Å². The zero-order valence-corrected chi connectivity index (χ0v) is 34.9. The summed E-state index contributed by atoms with van der Waals surface area (Å²) in [4.78, 5) is 14.1. The number of hydrogen-bond acceptors (Lipinski definition) is 3. The molecular weight excluding hydrogens is 897 g/mol. The van der Waals surface area contributed by atoms with Crippen LogP contribution in [0.15, 0.2) is 188 Å². The van der Waals surface area contributed by atoms with Crippen LogP contribution in [-0.2, 0) is 25.5 Å². The third-order valence-corrected chi connectivity index (χ3v) is 11.8. The second kappa shape index (κ2) is 14.6. The Morgan fingerprint density at radius 2 is 1.03 bits per heavy atom. The van der Waals surface area contributed by atoms with Crippen LogP contribution in [0.5, 0.6) is 0 Å². The van der Waals surface area contributed by atoms with E-state index < -0.39 is 0 Å². The van der Waals surface area contributed by atoms with Crippen LogP contribution >= 0.6 is 0 Å². The van der Waals surface area contributed by atoms with E-state index in [9.17, 15) is 0 Å². The molecule has 0 saturated carbocycles. The van der Waals surface area contributed by atoms with Crippen LogP contribution in [0.4, 0.5) is 0 Å². The fraction of sp³-hybridized carbons (Fsp3) is 0.0556. The van der Waals surface area contributed by atoms with Crippen molar-refractivity contribution in [2.45, 2.75) is 19.3 Å². The normalized spacial score (nSPS) is 12.6. The van der Waals surface area contributed by atoms with Crippen LogP contribution in [0.3, 0.4) is 0 Å². The average Bonchev–Trinajstić information content (AvgIpc) is 3.73. The van der Waals surface area contributed by atoms with Crippen LogP contribution in [0.1, 0.15) is 25.0 Å². The summed E-state index contributed by atoms with van der Waals surface area (Å²) in [6.45, 7) is 4.71. The first-order valence-electron chi connectivity index (χ1n) is 19.7. The van der Waals surface area contributed by atoms with Crippen molar-refractivity contribution in [2.75, 3.05) is 0 Å². The van der Waals surface area contributed by atoms with E-state index in [0.717, 1.165) is 61.7 Å². The van der Waals surface area contributed by atoms with Gasteiger partial charge in [-0.15, -0.1) is 35.4 Å². The van der Waals surface area contributed by atoms with Gasteiger partial charge in [-0.05, 0) is 124 Å². The molecule has 5 heteroatoms. The summed E-state index contributed by atoms with van der Waals surface area (Å²) in [5.74, 6) is 0. The summed E-state index contributed by atoms with van der Waals surface area (Å²) in [5.41, 5.74) is 19.0. The molecule has 10 aromatic rings. The Hall–Kier alpha value is -6.78.